The Kier molecular flexibility index (Phi) is 4.52. The van der Waals surface area contributed by atoms with Gasteiger partial charge in [-0.25, -0.2) is 0 Å². The predicted octanol–water partition coefficient (Wildman–Crippen LogP) is 3.91. The van der Waals surface area contributed by atoms with Crippen molar-refractivity contribution in [3.05, 3.63) is 63.7 Å². The molecule has 8 nitrogen and oxygen atoms in total. The summed E-state index contributed by atoms with van der Waals surface area (Å²) in [5.74, 6) is 1.05. The maximum Gasteiger partial charge on any atom is 0.280 e. The number of carbonyl (C=O) groups excluding carboxylic acids is 1. The molecule has 4 rings (SSSR count). The topological polar surface area (TPSA) is 94.3 Å². The van der Waals surface area contributed by atoms with Crippen LogP contribution in [-0.2, 0) is 4.79 Å². The fourth-order valence-electron chi connectivity index (χ4n) is 3.08. The molecule has 0 saturated carbocycles. The monoisotopic (exact) mass is 379 g/mol. The predicted molar refractivity (Wildman–Crippen MR) is 103 cm³/mol. The number of nitro groups is 1. The van der Waals surface area contributed by atoms with E-state index >= 15 is 0 Å². The van der Waals surface area contributed by atoms with E-state index in [-0.39, 0.29) is 18.4 Å². The van der Waals surface area contributed by atoms with Gasteiger partial charge in [0.2, 0.25) is 6.79 Å². The highest BCUT2D eigenvalue weighted by Crippen LogP contribution is 2.34. The average Bonchev–Trinajstić information content (AvgIpc) is 3.28. The van der Waals surface area contributed by atoms with E-state index in [0.29, 0.717) is 34.9 Å². The molecule has 0 fully saturated rings. The standard InChI is InChI=1S/C20H17N3O5/c1-2-3-17-16(10-13-4-9-18-19(11-13)28-12-27-18)20(24)22(21-17)14-5-7-15(8-6-14)23(25)26/h4-11H,2-3,12H2,1H3/b16-10-. The molecule has 1 amide bonds. The highest BCUT2D eigenvalue weighted by atomic mass is 16.7. The third-order valence-electron chi connectivity index (χ3n) is 4.45. The molecule has 0 spiro atoms. The first-order valence-electron chi connectivity index (χ1n) is 8.85. The van der Waals surface area contributed by atoms with E-state index in [1.165, 1.54) is 29.3 Å². The summed E-state index contributed by atoms with van der Waals surface area (Å²) in [6.45, 7) is 2.20. The van der Waals surface area contributed by atoms with Gasteiger partial charge in [0.05, 0.1) is 21.9 Å². The van der Waals surface area contributed by atoms with E-state index in [1.54, 1.807) is 12.1 Å². The summed E-state index contributed by atoms with van der Waals surface area (Å²) in [6.07, 6.45) is 3.26. The molecular weight excluding hydrogens is 362 g/mol. The normalized spacial score (nSPS) is 16.6. The SMILES string of the molecule is CCCC1=NN(c2ccc([N+](=O)[O-])cc2)C(=O)/C1=C\c1ccc2c(c1)OCO2. The fraction of sp³-hybridized carbons (Fsp3) is 0.200. The van der Waals surface area contributed by atoms with Crippen LogP contribution in [0.3, 0.4) is 0 Å². The molecule has 0 N–H and O–H groups in total. The van der Waals surface area contributed by atoms with Crippen molar-refractivity contribution in [3.8, 4) is 11.5 Å². The Hall–Kier alpha value is -3.68. The van der Waals surface area contributed by atoms with E-state index in [1.807, 2.05) is 19.1 Å². The van der Waals surface area contributed by atoms with E-state index in [9.17, 15) is 14.9 Å². The zero-order valence-corrected chi connectivity index (χ0v) is 15.1. The Balaban J connectivity index is 1.67. The van der Waals surface area contributed by atoms with Crippen LogP contribution in [0.15, 0.2) is 53.1 Å². The number of carbonyl (C=O) groups is 1. The van der Waals surface area contributed by atoms with Crippen LogP contribution in [0.2, 0.25) is 0 Å². The molecule has 0 radical (unpaired) electrons. The second kappa shape index (κ2) is 7.15. The lowest BCUT2D eigenvalue weighted by atomic mass is 10.0. The summed E-state index contributed by atoms with van der Waals surface area (Å²) >= 11 is 0. The van der Waals surface area contributed by atoms with Crippen molar-refractivity contribution in [2.75, 3.05) is 11.8 Å². The number of nitrogens with zero attached hydrogens (tertiary/aromatic N) is 3. The van der Waals surface area contributed by atoms with Gasteiger partial charge in [-0.15, -0.1) is 0 Å². The first-order valence-corrected chi connectivity index (χ1v) is 8.85. The van der Waals surface area contributed by atoms with Gasteiger partial charge in [0, 0.05) is 12.1 Å². The molecule has 8 heteroatoms. The number of anilines is 1. The average molecular weight is 379 g/mol. The molecule has 0 unspecified atom stereocenters. The first kappa shape index (κ1) is 17.7. The second-order valence-corrected chi connectivity index (χ2v) is 6.36. The molecule has 0 aromatic heterocycles. The van der Waals surface area contributed by atoms with Gasteiger partial charge >= 0.3 is 0 Å². The molecule has 0 atom stereocenters. The smallest absolute Gasteiger partial charge is 0.280 e. The number of non-ortho nitro benzene ring substituents is 1. The molecule has 2 heterocycles. The molecular formula is C20H17N3O5. The minimum Gasteiger partial charge on any atom is -0.454 e. The first-order chi connectivity index (χ1) is 13.6. The van der Waals surface area contributed by atoms with Crippen LogP contribution >= 0.6 is 0 Å². The van der Waals surface area contributed by atoms with Crippen LogP contribution in [0.5, 0.6) is 11.5 Å². The Bertz CT molecular complexity index is 1010. The van der Waals surface area contributed by atoms with Crippen molar-refractivity contribution in [3.63, 3.8) is 0 Å². The van der Waals surface area contributed by atoms with Crippen LogP contribution < -0.4 is 14.5 Å². The lowest BCUT2D eigenvalue weighted by Crippen LogP contribution is -2.21. The summed E-state index contributed by atoms with van der Waals surface area (Å²) in [6, 6.07) is 11.2. The van der Waals surface area contributed by atoms with Crippen molar-refractivity contribution in [2.24, 2.45) is 5.10 Å². The Morgan fingerprint density at radius 2 is 1.93 bits per heavy atom. The maximum absolute atomic E-state index is 13.0. The summed E-state index contributed by atoms with van der Waals surface area (Å²) in [5.41, 5.74) is 2.44. The van der Waals surface area contributed by atoms with Gasteiger partial charge in [0.25, 0.3) is 11.6 Å². The molecule has 28 heavy (non-hydrogen) atoms. The number of rotatable bonds is 5. The molecule has 2 aliphatic heterocycles. The molecule has 2 aromatic carbocycles. The quantitative estimate of drug-likeness (QED) is 0.446. The highest BCUT2D eigenvalue weighted by Gasteiger charge is 2.31. The molecule has 142 valence electrons. The number of hydrogen-bond acceptors (Lipinski definition) is 6. The summed E-state index contributed by atoms with van der Waals surface area (Å²) in [7, 11) is 0. The van der Waals surface area contributed by atoms with Gasteiger partial charge in [-0.3, -0.25) is 14.9 Å². The zero-order chi connectivity index (χ0) is 19.7. The van der Waals surface area contributed by atoms with Crippen molar-refractivity contribution in [1.82, 2.24) is 0 Å². The third kappa shape index (κ3) is 3.20. The molecule has 2 aliphatic rings. The van der Waals surface area contributed by atoms with Crippen LogP contribution in [0.1, 0.15) is 25.3 Å². The molecule has 0 bridgehead atoms. The zero-order valence-electron chi connectivity index (χ0n) is 15.1. The van der Waals surface area contributed by atoms with Crippen LogP contribution in [0, 0.1) is 10.1 Å². The van der Waals surface area contributed by atoms with Crippen LogP contribution in [0.25, 0.3) is 6.08 Å². The largest absolute Gasteiger partial charge is 0.454 e. The van der Waals surface area contributed by atoms with Gasteiger partial charge in [-0.05, 0) is 42.3 Å². The van der Waals surface area contributed by atoms with Crippen molar-refractivity contribution < 1.29 is 19.2 Å². The van der Waals surface area contributed by atoms with Crippen LogP contribution in [0.4, 0.5) is 11.4 Å². The summed E-state index contributed by atoms with van der Waals surface area (Å²) in [5, 5.41) is 16.6. The van der Waals surface area contributed by atoms with Crippen LogP contribution in [-0.4, -0.2) is 23.3 Å². The van der Waals surface area contributed by atoms with Gasteiger partial charge < -0.3 is 9.47 Å². The summed E-state index contributed by atoms with van der Waals surface area (Å²) in [4.78, 5) is 23.4. The van der Waals surface area contributed by atoms with Crippen molar-refractivity contribution in [1.29, 1.82) is 0 Å². The second-order valence-electron chi connectivity index (χ2n) is 6.36. The fourth-order valence-corrected chi connectivity index (χ4v) is 3.08. The van der Waals surface area contributed by atoms with E-state index in [0.717, 1.165) is 12.0 Å². The maximum atomic E-state index is 13.0. The van der Waals surface area contributed by atoms with E-state index in [2.05, 4.69) is 5.10 Å². The Morgan fingerprint density at radius 1 is 1.18 bits per heavy atom. The molecule has 0 saturated heterocycles. The summed E-state index contributed by atoms with van der Waals surface area (Å²) < 4.78 is 10.7. The highest BCUT2D eigenvalue weighted by molar-refractivity contribution is 6.32. The lowest BCUT2D eigenvalue weighted by molar-refractivity contribution is -0.384. The van der Waals surface area contributed by atoms with Crippen molar-refractivity contribution >= 4 is 29.1 Å². The number of hydrogen-bond donors (Lipinski definition) is 0. The van der Waals surface area contributed by atoms with Gasteiger partial charge in [0.1, 0.15) is 0 Å². The number of hydrazone groups is 1. The van der Waals surface area contributed by atoms with Gasteiger partial charge in [0.15, 0.2) is 11.5 Å². The molecule has 2 aromatic rings. The van der Waals surface area contributed by atoms with Gasteiger partial charge in [-0.1, -0.05) is 19.4 Å². The number of amides is 1. The lowest BCUT2D eigenvalue weighted by Gasteiger charge is -2.11. The minimum atomic E-state index is -0.480. The molecule has 0 aliphatic carbocycles. The number of fused-ring (bicyclic) bond motifs is 1. The third-order valence-corrected chi connectivity index (χ3v) is 4.45. The van der Waals surface area contributed by atoms with Gasteiger partial charge in [-0.2, -0.15) is 10.1 Å². The number of nitro benzene ring substituents is 1. The minimum absolute atomic E-state index is 0.0377. The van der Waals surface area contributed by atoms with E-state index < -0.39 is 4.92 Å². The van der Waals surface area contributed by atoms with Crippen molar-refractivity contribution in [2.45, 2.75) is 19.8 Å². The number of ether oxygens (including phenoxy) is 2. The number of benzene rings is 2. The Morgan fingerprint density at radius 3 is 2.64 bits per heavy atom. The van der Waals surface area contributed by atoms with E-state index in [4.69, 9.17) is 9.47 Å². The Labute approximate surface area is 160 Å².